The fourth-order valence-corrected chi connectivity index (χ4v) is 4.76. The average Bonchev–Trinajstić information content (AvgIpc) is 2.95. The number of aliphatic hydroxyl groups is 1. The Morgan fingerprint density at radius 3 is 2.75 bits per heavy atom. The second kappa shape index (κ2) is 5.65. The molecule has 2 heterocycles. The van der Waals surface area contributed by atoms with Crippen molar-refractivity contribution in [2.24, 2.45) is 7.05 Å². The first-order valence-corrected chi connectivity index (χ1v) is 8.30. The molecule has 0 aliphatic heterocycles. The highest BCUT2D eigenvalue weighted by molar-refractivity contribution is 7.89. The molecule has 0 spiro atoms. The zero-order chi connectivity index (χ0) is 14.9. The Kier molecular flexibility index (Phi) is 4.28. The fourth-order valence-electron chi connectivity index (χ4n) is 1.99. The Morgan fingerprint density at radius 2 is 2.20 bits per heavy atom. The first-order chi connectivity index (χ1) is 9.36. The van der Waals surface area contributed by atoms with Crippen LogP contribution in [-0.2, 0) is 30.2 Å². The van der Waals surface area contributed by atoms with Crippen molar-refractivity contribution in [3.63, 3.8) is 0 Å². The van der Waals surface area contributed by atoms with Crippen molar-refractivity contribution >= 4 is 21.4 Å². The SMILES string of the molecule is Cc1csc(CO)c1S(=O)(=O)N(C)Cc1cnn(C)c1. The molecule has 20 heavy (non-hydrogen) atoms. The zero-order valence-electron chi connectivity index (χ0n) is 11.6. The summed E-state index contributed by atoms with van der Waals surface area (Å²) in [6.07, 6.45) is 3.42. The summed E-state index contributed by atoms with van der Waals surface area (Å²) in [5.41, 5.74) is 1.48. The molecule has 0 saturated heterocycles. The van der Waals surface area contributed by atoms with E-state index in [1.165, 1.54) is 22.7 Å². The largest absolute Gasteiger partial charge is 0.391 e. The molecule has 0 aliphatic rings. The van der Waals surface area contributed by atoms with E-state index in [4.69, 9.17) is 0 Å². The lowest BCUT2D eigenvalue weighted by Crippen LogP contribution is -2.27. The van der Waals surface area contributed by atoms with E-state index < -0.39 is 10.0 Å². The van der Waals surface area contributed by atoms with Gasteiger partial charge in [0.15, 0.2) is 0 Å². The number of aromatic nitrogens is 2. The van der Waals surface area contributed by atoms with Gasteiger partial charge in [0.1, 0.15) is 4.90 Å². The molecule has 6 nitrogen and oxygen atoms in total. The van der Waals surface area contributed by atoms with Crippen LogP contribution < -0.4 is 0 Å². The van der Waals surface area contributed by atoms with E-state index in [1.807, 2.05) is 0 Å². The van der Waals surface area contributed by atoms with E-state index in [9.17, 15) is 13.5 Å². The quantitative estimate of drug-likeness (QED) is 0.896. The van der Waals surface area contributed by atoms with Gasteiger partial charge in [-0.3, -0.25) is 4.68 Å². The monoisotopic (exact) mass is 315 g/mol. The molecule has 2 aromatic heterocycles. The summed E-state index contributed by atoms with van der Waals surface area (Å²) in [5, 5.41) is 15.1. The molecule has 8 heteroatoms. The Balaban J connectivity index is 2.32. The van der Waals surface area contributed by atoms with Gasteiger partial charge < -0.3 is 5.11 Å². The number of rotatable bonds is 5. The predicted molar refractivity (Wildman–Crippen MR) is 76.8 cm³/mol. The topological polar surface area (TPSA) is 75.4 Å². The minimum Gasteiger partial charge on any atom is -0.391 e. The van der Waals surface area contributed by atoms with Crippen molar-refractivity contribution in [3.8, 4) is 0 Å². The minimum absolute atomic E-state index is 0.219. The van der Waals surface area contributed by atoms with Crippen molar-refractivity contribution in [1.29, 1.82) is 0 Å². The van der Waals surface area contributed by atoms with E-state index in [0.717, 1.165) is 5.56 Å². The van der Waals surface area contributed by atoms with Gasteiger partial charge in [-0.05, 0) is 17.9 Å². The van der Waals surface area contributed by atoms with Gasteiger partial charge in [0, 0.05) is 32.4 Å². The predicted octanol–water partition coefficient (Wildman–Crippen LogP) is 1.10. The number of aryl methyl sites for hydroxylation is 2. The highest BCUT2D eigenvalue weighted by atomic mass is 32.2. The molecule has 0 atom stereocenters. The second-order valence-electron chi connectivity index (χ2n) is 4.61. The van der Waals surface area contributed by atoms with Crippen LogP contribution in [0.15, 0.2) is 22.7 Å². The molecule has 0 fully saturated rings. The summed E-state index contributed by atoms with van der Waals surface area (Å²) in [4.78, 5) is 0.692. The third kappa shape index (κ3) is 2.78. The highest BCUT2D eigenvalue weighted by Gasteiger charge is 2.27. The lowest BCUT2D eigenvalue weighted by Gasteiger charge is -2.17. The lowest BCUT2D eigenvalue weighted by atomic mass is 10.3. The van der Waals surface area contributed by atoms with Gasteiger partial charge in [-0.1, -0.05) is 0 Å². The van der Waals surface area contributed by atoms with Gasteiger partial charge in [0.25, 0.3) is 0 Å². The molecule has 0 bridgehead atoms. The van der Waals surface area contributed by atoms with Crippen molar-refractivity contribution in [1.82, 2.24) is 14.1 Å². The van der Waals surface area contributed by atoms with E-state index in [2.05, 4.69) is 5.10 Å². The molecule has 0 saturated carbocycles. The molecule has 0 amide bonds. The van der Waals surface area contributed by atoms with Crippen LogP contribution in [0.25, 0.3) is 0 Å². The molecule has 0 aromatic carbocycles. The molecule has 110 valence electrons. The van der Waals surface area contributed by atoms with Crippen molar-refractivity contribution in [2.45, 2.75) is 25.0 Å². The third-order valence-electron chi connectivity index (χ3n) is 2.96. The zero-order valence-corrected chi connectivity index (χ0v) is 13.2. The average molecular weight is 315 g/mol. The van der Waals surface area contributed by atoms with Gasteiger partial charge in [-0.15, -0.1) is 11.3 Å². The number of nitrogens with zero attached hydrogens (tertiary/aromatic N) is 3. The maximum Gasteiger partial charge on any atom is 0.244 e. The van der Waals surface area contributed by atoms with Crippen LogP contribution >= 0.6 is 11.3 Å². The minimum atomic E-state index is -3.61. The summed E-state index contributed by atoms with van der Waals surface area (Å²) >= 11 is 1.26. The third-order valence-corrected chi connectivity index (χ3v) is 6.22. The van der Waals surface area contributed by atoms with Gasteiger partial charge in [-0.25, -0.2) is 8.42 Å². The summed E-state index contributed by atoms with van der Waals surface area (Å²) in [7, 11) is -0.300. The van der Waals surface area contributed by atoms with Crippen LogP contribution in [0.2, 0.25) is 0 Å². The fraction of sp³-hybridized carbons (Fsp3) is 0.417. The van der Waals surface area contributed by atoms with Crippen molar-refractivity contribution < 1.29 is 13.5 Å². The van der Waals surface area contributed by atoms with Crippen LogP contribution in [0.1, 0.15) is 16.0 Å². The van der Waals surface area contributed by atoms with Crippen LogP contribution in [0.3, 0.4) is 0 Å². The molecular weight excluding hydrogens is 298 g/mol. The summed E-state index contributed by atoms with van der Waals surface area (Å²) in [6, 6.07) is 0. The standard InChI is InChI=1S/C12H17N3O3S2/c1-9-8-19-11(7-16)12(9)20(17,18)15(3)6-10-4-13-14(2)5-10/h4-5,8,16H,6-7H2,1-3H3. The van der Waals surface area contributed by atoms with Gasteiger partial charge in [0.2, 0.25) is 10.0 Å². The smallest absolute Gasteiger partial charge is 0.244 e. The molecule has 0 radical (unpaired) electrons. The van der Waals surface area contributed by atoms with E-state index in [0.29, 0.717) is 10.4 Å². The maximum absolute atomic E-state index is 12.6. The first-order valence-electron chi connectivity index (χ1n) is 5.98. The van der Waals surface area contributed by atoms with Crippen LogP contribution in [0.4, 0.5) is 0 Å². The van der Waals surface area contributed by atoms with Crippen molar-refractivity contribution in [3.05, 3.63) is 33.8 Å². The van der Waals surface area contributed by atoms with Gasteiger partial charge >= 0.3 is 0 Å². The normalized spacial score (nSPS) is 12.2. The molecule has 2 aromatic rings. The summed E-state index contributed by atoms with van der Waals surface area (Å²) in [5.74, 6) is 0. The Bertz CT molecular complexity index is 703. The molecule has 1 N–H and O–H groups in total. The second-order valence-corrected chi connectivity index (χ2v) is 7.56. The van der Waals surface area contributed by atoms with Crippen LogP contribution in [0.5, 0.6) is 0 Å². The number of aliphatic hydroxyl groups excluding tert-OH is 1. The number of hydrogen-bond acceptors (Lipinski definition) is 5. The number of thiophene rings is 1. The van der Waals surface area contributed by atoms with Crippen LogP contribution in [0, 0.1) is 6.92 Å². The van der Waals surface area contributed by atoms with Crippen molar-refractivity contribution in [2.75, 3.05) is 7.05 Å². The summed E-state index contributed by atoms with van der Waals surface area (Å²) < 4.78 is 28.1. The summed E-state index contributed by atoms with van der Waals surface area (Å²) in [6.45, 7) is 1.71. The lowest BCUT2D eigenvalue weighted by molar-refractivity contribution is 0.282. The molecule has 0 unspecified atom stereocenters. The first kappa shape index (κ1) is 15.2. The van der Waals surface area contributed by atoms with Crippen LogP contribution in [-0.4, -0.2) is 34.7 Å². The Labute approximate surface area is 122 Å². The van der Waals surface area contributed by atoms with E-state index >= 15 is 0 Å². The molecule has 2 rings (SSSR count). The van der Waals surface area contributed by atoms with Gasteiger partial charge in [-0.2, -0.15) is 9.40 Å². The Morgan fingerprint density at radius 1 is 1.50 bits per heavy atom. The van der Waals surface area contributed by atoms with E-state index in [-0.39, 0.29) is 18.0 Å². The Hall–Kier alpha value is -1.22. The number of hydrogen-bond donors (Lipinski definition) is 1. The molecule has 0 aliphatic carbocycles. The number of sulfonamides is 1. The molecular formula is C12H17N3O3S2. The maximum atomic E-state index is 12.6. The van der Waals surface area contributed by atoms with E-state index in [1.54, 1.807) is 36.4 Å². The highest BCUT2D eigenvalue weighted by Crippen LogP contribution is 2.29. The van der Waals surface area contributed by atoms with Gasteiger partial charge in [0.05, 0.1) is 17.7 Å².